The van der Waals surface area contributed by atoms with Gasteiger partial charge in [-0.2, -0.15) is 15.1 Å². The van der Waals surface area contributed by atoms with Gasteiger partial charge in [-0.15, -0.1) is 6.42 Å². The van der Waals surface area contributed by atoms with E-state index in [1.54, 1.807) is 6.07 Å². The maximum atomic E-state index is 17.2. The largest absolute Gasteiger partial charge is 0.486 e. The topological polar surface area (TPSA) is 104 Å². The Morgan fingerprint density at radius 3 is 2.03 bits per heavy atom. The number of nitrogens with zero attached hydrogens (tertiary/aromatic N) is 6. The number of amides is 1. The third-order valence-corrected chi connectivity index (χ3v) is 15.2. The zero-order valence-electron chi connectivity index (χ0n) is 42.3. The minimum Gasteiger partial charge on any atom is -0.486 e. The molecule has 8 aromatic rings. The molecule has 1 saturated carbocycles. The summed E-state index contributed by atoms with van der Waals surface area (Å²) >= 11 is 0. The second kappa shape index (κ2) is 18.9. The van der Waals surface area contributed by atoms with Gasteiger partial charge in [0.15, 0.2) is 5.75 Å². The van der Waals surface area contributed by atoms with E-state index in [9.17, 15) is 4.79 Å². The zero-order valence-corrected chi connectivity index (χ0v) is 42.3. The number of carbonyl (C=O) groups is 1. The first-order valence-corrected chi connectivity index (χ1v) is 25.9. The van der Waals surface area contributed by atoms with Crippen LogP contribution in [0.15, 0.2) is 134 Å². The van der Waals surface area contributed by atoms with Gasteiger partial charge in [-0.3, -0.25) is 4.68 Å². The summed E-state index contributed by atoms with van der Waals surface area (Å²) < 4.78 is 44.9. The van der Waals surface area contributed by atoms with E-state index in [1.807, 2.05) is 79.7 Å². The number of carbonyl (C=O) groups excluding carboxylic acids is 1. The fraction of sp³-hybridized carbons (Fsp3) is 0.323. The number of ether oxygens (including phenoxy) is 4. The van der Waals surface area contributed by atoms with Crippen LogP contribution >= 0.6 is 0 Å². The van der Waals surface area contributed by atoms with Gasteiger partial charge in [0, 0.05) is 65.7 Å². The van der Waals surface area contributed by atoms with Crippen LogP contribution in [-0.2, 0) is 21.6 Å². The van der Waals surface area contributed by atoms with E-state index in [1.165, 1.54) is 0 Å². The maximum Gasteiger partial charge on any atom is 0.410 e. The van der Waals surface area contributed by atoms with Crippen molar-refractivity contribution in [3.63, 3.8) is 0 Å². The minimum absolute atomic E-state index is 0.0281. The Hall–Kier alpha value is -7.75. The summed E-state index contributed by atoms with van der Waals surface area (Å²) in [7, 11) is 0. The molecule has 2 bridgehead atoms. The summed E-state index contributed by atoms with van der Waals surface area (Å²) in [5, 5.41) is 7.00. The number of hydrogen-bond donors (Lipinski definition) is 0. The van der Waals surface area contributed by atoms with E-state index in [4.69, 9.17) is 40.4 Å². The van der Waals surface area contributed by atoms with Crippen molar-refractivity contribution in [1.82, 2.24) is 24.6 Å². The van der Waals surface area contributed by atoms with Gasteiger partial charge in [0.2, 0.25) is 0 Å². The average molecular weight is 987 g/mol. The van der Waals surface area contributed by atoms with Gasteiger partial charge in [-0.1, -0.05) is 109 Å². The van der Waals surface area contributed by atoms with Crippen LogP contribution < -0.4 is 14.4 Å². The third kappa shape index (κ3) is 8.56. The Labute approximate surface area is 431 Å². The number of hydrogen-bond acceptors (Lipinski definition) is 9. The molecule has 4 fully saturated rings. The zero-order chi connectivity index (χ0) is 50.7. The summed E-state index contributed by atoms with van der Waals surface area (Å²) in [6.45, 7) is 9.91. The summed E-state index contributed by atoms with van der Waals surface area (Å²) in [6.07, 6.45) is 11.5. The van der Waals surface area contributed by atoms with Gasteiger partial charge in [-0.05, 0) is 104 Å². The fourth-order valence-corrected chi connectivity index (χ4v) is 11.5. The smallest absolute Gasteiger partial charge is 0.410 e. The van der Waals surface area contributed by atoms with Gasteiger partial charge in [0.25, 0.3) is 0 Å². The Morgan fingerprint density at radius 2 is 1.45 bits per heavy atom. The molecule has 4 aliphatic rings. The molecule has 3 saturated heterocycles. The Kier molecular flexibility index (Phi) is 12.1. The van der Waals surface area contributed by atoms with Gasteiger partial charge in [0.05, 0.1) is 30.8 Å². The predicted octanol–water partition coefficient (Wildman–Crippen LogP) is 12.1. The van der Waals surface area contributed by atoms with E-state index in [-0.39, 0.29) is 48.6 Å². The molecular formula is C62H59FN6O5. The molecule has 12 heteroatoms. The Bertz CT molecular complexity index is 3340. The van der Waals surface area contributed by atoms with E-state index >= 15 is 4.39 Å². The van der Waals surface area contributed by atoms with Crippen molar-refractivity contribution in [2.24, 2.45) is 0 Å². The van der Waals surface area contributed by atoms with Gasteiger partial charge in [0.1, 0.15) is 41.0 Å². The maximum absolute atomic E-state index is 17.2. The summed E-state index contributed by atoms with van der Waals surface area (Å²) in [5.41, 5.74) is 7.11. The van der Waals surface area contributed by atoms with Crippen molar-refractivity contribution in [2.75, 3.05) is 31.2 Å². The fourth-order valence-electron chi connectivity index (χ4n) is 11.5. The molecule has 0 N–H and O–H groups in total. The quantitative estimate of drug-likeness (QED) is 0.0874. The SMILES string of the molecule is C#Cc1ccc(COc2c(-c3c(C)c(F)cc4nn(C(c5ccccc5)(c5ccccc5)c5ccccc5)cc34)c(C3CC3)cc3c(N4C[C@H]5C[C@@H]4CN5C(=O)OC(C)(C)C)nc(OC4CCOCC4)nc23)cc1. The van der Waals surface area contributed by atoms with E-state index in [2.05, 4.69) is 95.9 Å². The number of fused-ring (bicyclic) bond motifs is 4. The molecule has 0 radical (unpaired) electrons. The number of likely N-dealkylation sites (tertiary alicyclic amines) is 1. The van der Waals surface area contributed by atoms with Gasteiger partial charge < -0.3 is 28.7 Å². The number of anilines is 1. The first-order chi connectivity index (χ1) is 36.0. The van der Waals surface area contributed by atoms with Crippen molar-refractivity contribution < 1.29 is 28.1 Å². The molecule has 12 rings (SSSR count). The van der Waals surface area contributed by atoms with Crippen LogP contribution in [0.4, 0.5) is 15.0 Å². The lowest BCUT2D eigenvalue weighted by Crippen LogP contribution is -2.50. The van der Waals surface area contributed by atoms with Crippen LogP contribution in [0.1, 0.15) is 97.7 Å². The highest BCUT2D eigenvalue weighted by Crippen LogP contribution is 2.54. The van der Waals surface area contributed by atoms with E-state index in [0.29, 0.717) is 67.1 Å². The molecule has 3 aliphatic heterocycles. The number of piperazine rings is 1. The van der Waals surface area contributed by atoms with Gasteiger partial charge >= 0.3 is 12.1 Å². The second-order valence-electron chi connectivity index (χ2n) is 21.2. The van der Waals surface area contributed by atoms with Crippen LogP contribution in [0, 0.1) is 25.1 Å². The molecule has 5 heterocycles. The van der Waals surface area contributed by atoms with Crippen LogP contribution in [-0.4, -0.2) is 80.8 Å². The van der Waals surface area contributed by atoms with Crippen LogP contribution in [0.2, 0.25) is 0 Å². The Balaban J connectivity index is 1.11. The number of halogens is 1. The normalized spacial score (nSPS) is 18.0. The summed E-state index contributed by atoms with van der Waals surface area (Å²) in [6, 6.07) is 42.9. The molecule has 6 aromatic carbocycles. The van der Waals surface area contributed by atoms with Crippen LogP contribution in [0.3, 0.4) is 0 Å². The molecule has 1 aliphatic carbocycles. The van der Waals surface area contributed by atoms with E-state index < -0.39 is 11.1 Å². The van der Waals surface area contributed by atoms with Gasteiger partial charge in [-0.25, -0.2) is 9.18 Å². The number of aromatic nitrogens is 4. The standard InChI is InChI=1S/C62H59FN6O5/c1-6-40-22-24-41(25-23-40)38-72-57-55(54-39(2)52(63)34-53-51(54)37-69(66-53)62(43-16-10-7-11-17-43,44-18-12-8-13-19-44)45-20-14-9-15-21-45)49(42-26-27-42)33-50-56(57)64-59(73-48-28-30-71-31-29-48)65-58(50)67-35-47-32-46(67)36-68(47)60(70)74-61(3,4)5/h1,7-25,33-34,37,42,46-48H,26-32,35-36,38H2,2-5H3/t46-,47-/m1/s1. The number of benzene rings is 6. The minimum atomic E-state index is -0.955. The highest BCUT2D eigenvalue weighted by molar-refractivity contribution is 6.06. The van der Waals surface area contributed by atoms with Crippen molar-refractivity contribution >= 4 is 33.7 Å². The highest BCUT2D eigenvalue weighted by Gasteiger charge is 2.48. The predicted molar refractivity (Wildman–Crippen MR) is 285 cm³/mol. The lowest BCUT2D eigenvalue weighted by Gasteiger charge is -2.36. The van der Waals surface area contributed by atoms with Crippen LogP contribution in [0.5, 0.6) is 11.8 Å². The lowest BCUT2D eigenvalue weighted by atomic mass is 9.77. The molecule has 374 valence electrons. The monoisotopic (exact) mass is 986 g/mol. The average Bonchev–Trinajstić information content (AvgIpc) is 3.87. The summed E-state index contributed by atoms with van der Waals surface area (Å²) in [4.78, 5) is 28.4. The van der Waals surface area contributed by atoms with Crippen molar-refractivity contribution in [1.29, 1.82) is 0 Å². The molecule has 0 unspecified atom stereocenters. The molecule has 1 amide bonds. The third-order valence-electron chi connectivity index (χ3n) is 15.2. The second-order valence-corrected chi connectivity index (χ2v) is 21.2. The first-order valence-electron chi connectivity index (χ1n) is 25.9. The molecule has 2 atom stereocenters. The molecular weight excluding hydrogens is 928 g/mol. The van der Waals surface area contributed by atoms with E-state index in [0.717, 1.165) is 74.8 Å². The Morgan fingerprint density at radius 1 is 0.797 bits per heavy atom. The lowest BCUT2D eigenvalue weighted by molar-refractivity contribution is 0.0206. The molecule has 0 spiro atoms. The highest BCUT2D eigenvalue weighted by atomic mass is 19.1. The van der Waals surface area contributed by atoms with Crippen molar-refractivity contribution in [3.8, 4) is 35.2 Å². The summed E-state index contributed by atoms with van der Waals surface area (Å²) in [5.74, 6) is 3.73. The van der Waals surface area contributed by atoms with Crippen molar-refractivity contribution in [3.05, 3.63) is 178 Å². The van der Waals surface area contributed by atoms with Crippen LogP contribution in [0.25, 0.3) is 32.9 Å². The first kappa shape index (κ1) is 47.3. The number of terminal acetylenes is 1. The number of rotatable bonds is 12. The van der Waals surface area contributed by atoms with Crippen molar-refractivity contribution in [2.45, 2.75) is 102 Å². The molecule has 11 nitrogen and oxygen atoms in total. The molecule has 2 aromatic heterocycles. The molecule has 74 heavy (non-hydrogen) atoms.